The van der Waals surface area contributed by atoms with E-state index in [2.05, 4.69) is 0 Å². The van der Waals surface area contributed by atoms with Crippen molar-refractivity contribution in [1.29, 1.82) is 0 Å². The molecule has 7 heteroatoms. The third-order valence-electron chi connectivity index (χ3n) is 5.06. The molecule has 1 aromatic carbocycles. The Bertz CT molecular complexity index is 1000. The lowest BCUT2D eigenvalue weighted by Gasteiger charge is -2.16. The van der Waals surface area contributed by atoms with E-state index in [9.17, 15) is 18.0 Å². The van der Waals surface area contributed by atoms with Gasteiger partial charge in [-0.2, -0.15) is 0 Å². The molecule has 1 aromatic heterocycles. The van der Waals surface area contributed by atoms with Crippen molar-refractivity contribution in [3.05, 3.63) is 58.4 Å². The van der Waals surface area contributed by atoms with E-state index in [1.54, 1.807) is 25.1 Å². The van der Waals surface area contributed by atoms with Gasteiger partial charge in [0.15, 0.2) is 16.4 Å². The van der Waals surface area contributed by atoms with Crippen molar-refractivity contribution in [2.45, 2.75) is 33.2 Å². The lowest BCUT2D eigenvalue weighted by molar-refractivity contribution is 0.0473. The number of carbonyl (C=O) groups excluding carboxylic acids is 2. The minimum Gasteiger partial charge on any atom is -0.454 e. The van der Waals surface area contributed by atoms with Gasteiger partial charge in [0, 0.05) is 23.0 Å². The van der Waals surface area contributed by atoms with Crippen LogP contribution in [0.4, 0.5) is 0 Å². The molecular formula is C20H23NO5S. The summed E-state index contributed by atoms with van der Waals surface area (Å²) in [5, 5.41) is 0. The summed E-state index contributed by atoms with van der Waals surface area (Å²) in [6.07, 6.45) is 0.550. The fraction of sp³-hybridized carbons (Fsp3) is 0.400. The Morgan fingerprint density at radius 1 is 1.15 bits per heavy atom. The van der Waals surface area contributed by atoms with Gasteiger partial charge in [-0.1, -0.05) is 18.2 Å². The molecule has 2 aromatic rings. The third kappa shape index (κ3) is 3.98. The standard InChI is InChI=1S/C20H23NO5S/c1-13-6-4-5-7-17(13)20(23)26-11-19(22)18-10-14(2)21(15(18)3)16-8-9-27(24,25)12-16/h4-7,10,16H,8-9,11-12H2,1-3H3/t16-/m0/s1. The topological polar surface area (TPSA) is 82.4 Å². The van der Waals surface area contributed by atoms with Crippen LogP contribution in [0.15, 0.2) is 30.3 Å². The molecule has 3 rings (SSSR count). The van der Waals surface area contributed by atoms with E-state index in [0.717, 1.165) is 11.3 Å². The number of hydrogen-bond donors (Lipinski definition) is 0. The molecule has 0 spiro atoms. The maximum absolute atomic E-state index is 12.6. The molecule has 144 valence electrons. The highest BCUT2D eigenvalue weighted by molar-refractivity contribution is 7.91. The maximum Gasteiger partial charge on any atom is 0.338 e. The Morgan fingerprint density at radius 2 is 1.85 bits per heavy atom. The summed E-state index contributed by atoms with van der Waals surface area (Å²) in [6, 6.07) is 8.64. The highest BCUT2D eigenvalue weighted by atomic mass is 32.2. The molecule has 0 unspecified atom stereocenters. The number of benzene rings is 1. The number of Topliss-reactive ketones (excluding diaryl/α,β-unsaturated/α-hetero) is 1. The van der Waals surface area contributed by atoms with Crippen molar-refractivity contribution in [2.75, 3.05) is 18.1 Å². The number of sulfone groups is 1. The number of aryl methyl sites for hydroxylation is 2. The van der Waals surface area contributed by atoms with Crippen LogP contribution >= 0.6 is 0 Å². The minimum atomic E-state index is -3.02. The predicted molar refractivity (Wildman–Crippen MR) is 102 cm³/mol. The van der Waals surface area contributed by atoms with E-state index < -0.39 is 15.8 Å². The quantitative estimate of drug-likeness (QED) is 0.580. The normalized spacial score (nSPS) is 18.4. The van der Waals surface area contributed by atoms with E-state index in [4.69, 9.17) is 4.74 Å². The molecular weight excluding hydrogens is 366 g/mol. The Hall–Kier alpha value is -2.41. The molecule has 2 heterocycles. The van der Waals surface area contributed by atoms with Crippen LogP contribution in [-0.4, -0.2) is 42.9 Å². The summed E-state index contributed by atoms with van der Waals surface area (Å²) in [6.45, 7) is 5.12. The van der Waals surface area contributed by atoms with Crippen molar-refractivity contribution in [3.8, 4) is 0 Å². The van der Waals surface area contributed by atoms with Crippen molar-refractivity contribution < 1.29 is 22.7 Å². The third-order valence-corrected chi connectivity index (χ3v) is 6.81. The first-order valence-electron chi connectivity index (χ1n) is 8.84. The second-order valence-corrected chi connectivity index (χ2v) is 9.25. The smallest absolute Gasteiger partial charge is 0.338 e. The fourth-order valence-corrected chi connectivity index (χ4v) is 5.39. The van der Waals surface area contributed by atoms with Crippen LogP contribution in [0, 0.1) is 20.8 Å². The van der Waals surface area contributed by atoms with E-state index in [1.165, 1.54) is 0 Å². The number of rotatable bonds is 5. The first-order chi connectivity index (χ1) is 12.7. The Labute approximate surface area is 159 Å². The molecule has 0 aliphatic carbocycles. The van der Waals surface area contributed by atoms with Gasteiger partial charge >= 0.3 is 5.97 Å². The highest BCUT2D eigenvalue weighted by Gasteiger charge is 2.31. The van der Waals surface area contributed by atoms with Gasteiger partial charge in [0.2, 0.25) is 5.78 Å². The van der Waals surface area contributed by atoms with Crippen LogP contribution in [0.3, 0.4) is 0 Å². The first kappa shape index (κ1) is 19.4. The van der Waals surface area contributed by atoms with Gasteiger partial charge in [0.05, 0.1) is 17.1 Å². The van der Waals surface area contributed by atoms with Crippen LogP contribution in [0.1, 0.15) is 50.1 Å². The maximum atomic E-state index is 12.6. The molecule has 1 fully saturated rings. The van der Waals surface area contributed by atoms with Gasteiger partial charge in [-0.3, -0.25) is 4.79 Å². The zero-order valence-corrected chi connectivity index (χ0v) is 16.5. The zero-order chi connectivity index (χ0) is 19.8. The number of ketones is 1. The van der Waals surface area contributed by atoms with Crippen LogP contribution in [-0.2, 0) is 14.6 Å². The van der Waals surface area contributed by atoms with Crippen LogP contribution in [0.5, 0.6) is 0 Å². The lowest BCUT2D eigenvalue weighted by Crippen LogP contribution is -2.17. The second kappa shape index (κ2) is 7.31. The average Bonchev–Trinajstić information content (AvgIpc) is 3.11. The zero-order valence-electron chi connectivity index (χ0n) is 15.7. The van der Waals surface area contributed by atoms with Crippen molar-refractivity contribution in [3.63, 3.8) is 0 Å². The molecule has 1 aliphatic rings. The average molecular weight is 389 g/mol. The molecule has 6 nitrogen and oxygen atoms in total. The van der Waals surface area contributed by atoms with Gasteiger partial charge in [-0.15, -0.1) is 0 Å². The number of carbonyl (C=O) groups is 2. The SMILES string of the molecule is Cc1ccccc1C(=O)OCC(=O)c1cc(C)n([C@H]2CCS(=O)(=O)C2)c1C. The van der Waals surface area contributed by atoms with Crippen molar-refractivity contribution in [2.24, 2.45) is 0 Å². The molecule has 1 saturated heterocycles. The molecule has 1 aliphatic heterocycles. The van der Waals surface area contributed by atoms with E-state index in [0.29, 0.717) is 23.2 Å². The summed E-state index contributed by atoms with van der Waals surface area (Å²) in [7, 11) is -3.02. The molecule has 0 saturated carbocycles. The number of ether oxygens (including phenoxy) is 1. The first-order valence-corrected chi connectivity index (χ1v) is 10.7. The molecule has 0 radical (unpaired) electrons. The van der Waals surface area contributed by atoms with Gasteiger partial charge in [-0.05, 0) is 44.9 Å². The summed E-state index contributed by atoms with van der Waals surface area (Å²) in [5.41, 5.74) is 3.24. The van der Waals surface area contributed by atoms with E-state index in [1.807, 2.05) is 30.5 Å². The van der Waals surface area contributed by atoms with Gasteiger partial charge in [0.25, 0.3) is 0 Å². The number of nitrogens with zero attached hydrogens (tertiary/aromatic N) is 1. The van der Waals surface area contributed by atoms with E-state index in [-0.39, 0.29) is 29.9 Å². The molecule has 27 heavy (non-hydrogen) atoms. The summed E-state index contributed by atoms with van der Waals surface area (Å²) in [5.74, 6) is -0.556. The monoisotopic (exact) mass is 389 g/mol. The second-order valence-electron chi connectivity index (χ2n) is 7.03. The lowest BCUT2D eigenvalue weighted by atomic mass is 10.1. The van der Waals surface area contributed by atoms with Crippen LogP contribution < -0.4 is 0 Å². The van der Waals surface area contributed by atoms with E-state index >= 15 is 0 Å². The van der Waals surface area contributed by atoms with Crippen molar-refractivity contribution >= 4 is 21.6 Å². The van der Waals surface area contributed by atoms with Crippen molar-refractivity contribution in [1.82, 2.24) is 4.57 Å². The summed E-state index contributed by atoms with van der Waals surface area (Å²) < 4.78 is 30.7. The summed E-state index contributed by atoms with van der Waals surface area (Å²) in [4.78, 5) is 24.8. The summed E-state index contributed by atoms with van der Waals surface area (Å²) >= 11 is 0. The number of esters is 1. The fourth-order valence-electron chi connectivity index (χ4n) is 3.69. The number of hydrogen-bond acceptors (Lipinski definition) is 5. The Kier molecular flexibility index (Phi) is 5.24. The molecule has 0 amide bonds. The Morgan fingerprint density at radius 3 is 2.48 bits per heavy atom. The molecule has 0 bridgehead atoms. The largest absolute Gasteiger partial charge is 0.454 e. The van der Waals surface area contributed by atoms with Crippen LogP contribution in [0.2, 0.25) is 0 Å². The number of aromatic nitrogens is 1. The minimum absolute atomic E-state index is 0.0965. The molecule has 1 atom stereocenters. The van der Waals surface area contributed by atoms with Crippen LogP contribution in [0.25, 0.3) is 0 Å². The van der Waals surface area contributed by atoms with Gasteiger partial charge in [0.1, 0.15) is 0 Å². The molecule has 0 N–H and O–H groups in total. The van der Waals surface area contributed by atoms with Gasteiger partial charge in [-0.25, -0.2) is 13.2 Å². The Balaban J connectivity index is 1.73. The predicted octanol–water partition coefficient (Wildman–Crippen LogP) is 2.81. The van der Waals surface area contributed by atoms with Gasteiger partial charge < -0.3 is 9.30 Å². The highest BCUT2D eigenvalue weighted by Crippen LogP contribution is 2.29.